The van der Waals surface area contributed by atoms with E-state index in [1.165, 1.54) is 25.1 Å². The molecule has 0 spiro atoms. The zero-order chi connectivity index (χ0) is 17.9. The van der Waals surface area contributed by atoms with Crippen LogP contribution in [-0.4, -0.2) is 64.9 Å². The molecule has 1 unspecified atom stereocenters. The first-order valence-corrected chi connectivity index (χ1v) is 9.68. The molecule has 1 N–H and O–H groups in total. The molecule has 0 bridgehead atoms. The molecule has 5 nitrogen and oxygen atoms in total. The number of hydrogen-bond donors (Lipinski definition) is 1. The highest BCUT2D eigenvalue weighted by Crippen LogP contribution is 2.29. The monoisotopic (exact) mass is 355 g/mol. The second kappa shape index (κ2) is 7.82. The quantitative estimate of drug-likeness (QED) is 0.864. The van der Waals surface area contributed by atoms with Gasteiger partial charge in [-0.3, -0.25) is 9.80 Å². The third-order valence-electron chi connectivity index (χ3n) is 5.91. The van der Waals surface area contributed by atoms with E-state index in [0.717, 1.165) is 37.5 Å². The Morgan fingerprint density at radius 2 is 2.04 bits per heavy atom. The molecule has 2 fully saturated rings. The van der Waals surface area contributed by atoms with Crippen molar-refractivity contribution in [2.24, 2.45) is 0 Å². The minimum absolute atomic E-state index is 0.257. The fourth-order valence-electron chi connectivity index (χ4n) is 4.58. The van der Waals surface area contributed by atoms with Crippen LogP contribution in [0.1, 0.15) is 25.0 Å². The maximum absolute atomic E-state index is 9.54. The van der Waals surface area contributed by atoms with Gasteiger partial charge in [0.2, 0.25) is 0 Å². The average molecular weight is 355 g/mol. The first kappa shape index (κ1) is 17.6. The normalized spacial score (nSPS) is 23.9. The molecule has 0 amide bonds. The summed E-state index contributed by atoms with van der Waals surface area (Å²) in [5, 5.41) is 9.54. The minimum atomic E-state index is 0.257. The van der Waals surface area contributed by atoms with Gasteiger partial charge in [0.15, 0.2) is 0 Å². The SMILES string of the molecule is COc1ccccc1-n1cccc1CN1CC2CCCN2C[C@@H]1CCO. The fourth-order valence-corrected chi connectivity index (χ4v) is 4.58. The summed E-state index contributed by atoms with van der Waals surface area (Å²) in [7, 11) is 1.72. The number of rotatable bonds is 6. The molecule has 140 valence electrons. The van der Waals surface area contributed by atoms with Crippen LogP contribution in [0.3, 0.4) is 0 Å². The number of hydrogen-bond acceptors (Lipinski definition) is 4. The van der Waals surface area contributed by atoms with Crippen LogP contribution >= 0.6 is 0 Å². The lowest BCUT2D eigenvalue weighted by Crippen LogP contribution is -2.55. The summed E-state index contributed by atoms with van der Waals surface area (Å²) in [5.41, 5.74) is 2.34. The van der Waals surface area contributed by atoms with Crippen LogP contribution in [0, 0.1) is 0 Å². The molecule has 2 aromatic rings. The fraction of sp³-hybridized carbons (Fsp3) is 0.524. The Kier molecular flexibility index (Phi) is 5.29. The molecule has 0 saturated carbocycles. The zero-order valence-corrected chi connectivity index (χ0v) is 15.6. The topological polar surface area (TPSA) is 40.9 Å². The van der Waals surface area contributed by atoms with Crippen molar-refractivity contribution in [2.45, 2.75) is 37.9 Å². The van der Waals surface area contributed by atoms with Crippen LogP contribution in [0.15, 0.2) is 42.6 Å². The van der Waals surface area contributed by atoms with Crippen molar-refractivity contribution in [3.8, 4) is 11.4 Å². The average Bonchev–Trinajstić information content (AvgIpc) is 3.31. The van der Waals surface area contributed by atoms with Gasteiger partial charge in [0.1, 0.15) is 5.75 Å². The largest absolute Gasteiger partial charge is 0.495 e. The number of aromatic nitrogens is 1. The highest BCUT2D eigenvalue weighted by atomic mass is 16.5. The zero-order valence-electron chi connectivity index (χ0n) is 15.6. The maximum atomic E-state index is 9.54. The van der Waals surface area contributed by atoms with Crippen LogP contribution in [-0.2, 0) is 6.54 Å². The molecule has 2 aliphatic rings. The Hall–Kier alpha value is -1.82. The van der Waals surface area contributed by atoms with Gasteiger partial charge in [-0.25, -0.2) is 0 Å². The van der Waals surface area contributed by atoms with Crippen molar-refractivity contribution in [3.63, 3.8) is 0 Å². The van der Waals surface area contributed by atoms with E-state index < -0.39 is 0 Å². The van der Waals surface area contributed by atoms with Gasteiger partial charge in [0, 0.05) is 50.2 Å². The highest BCUT2D eigenvalue weighted by Gasteiger charge is 2.36. The minimum Gasteiger partial charge on any atom is -0.495 e. The number of aliphatic hydroxyl groups excluding tert-OH is 1. The summed E-state index contributed by atoms with van der Waals surface area (Å²) >= 11 is 0. The van der Waals surface area contributed by atoms with E-state index in [9.17, 15) is 5.11 Å². The second-order valence-electron chi connectivity index (χ2n) is 7.43. The van der Waals surface area contributed by atoms with Crippen molar-refractivity contribution >= 4 is 0 Å². The van der Waals surface area contributed by atoms with Crippen LogP contribution in [0.5, 0.6) is 5.75 Å². The van der Waals surface area contributed by atoms with Gasteiger partial charge >= 0.3 is 0 Å². The molecule has 0 radical (unpaired) electrons. The van der Waals surface area contributed by atoms with E-state index in [1.807, 2.05) is 18.2 Å². The highest BCUT2D eigenvalue weighted by molar-refractivity contribution is 5.48. The summed E-state index contributed by atoms with van der Waals surface area (Å²) in [5.74, 6) is 0.887. The van der Waals surface area contributed by atoms with E-state index in [4.69, 9.17) is 4.74 Å². The smallest absolute Gasteiger partial charge is 0.142 e. The van der Waals surface area contributed by atoms with Crippen molar-refractivity contribution in [2.75, 3.05) is 33.4 Å². The predicted molar refractivity (Wildman–Crippen MR) is 103 cm³/mol. The Morgan fingerprint density at radius 1 is 1.15 bits per heavy atom. The molecule has 26 heavy (non-hydrogen) atoms. The van der Waals surface area contributed by atoms with Gasteiger partial charge in [-0.1, -0.05) is 12.1 Å². The lowest BCUT2D eigenvalue weighted by Gasteiger charge is -2.43. The summed E-state index contributed by atoms with van der Waals surface area (Å²) in [4.78, 5) is 5.19. The molecule has 2 saturated heterocycles. The van der Waals surface area contributed by atoms with E-state index in [1.54, 1.807) is 7.11 Å². The first-order chi connectivity index (χ1) is 12.8. The Balaban J connectivity index is 1.58. The summed E-state index contributed by atoms with van der Waals surface area (Å²) < 4.78 is 7.79. The third kappa shape index (κ3) is 3.39. The van der Waals surface area contributed by atoms with Crippen LogP contribution in [0.25, 0.3) is 5.69 Å². The second-order valence-corrected chi connectivity index (χ2v) is 7.43. The third-order valence-corrected chi connectivity index (χ3v) is 5.91. The van der Waals surface area contributed by atoms with Gasteiger partial charge in [-0.05, 0) is 50.1 Å². The molecule has 2 aliphatic heterocycles. The Bertz CT molecular complexity index is 730. The van der Waals surface area contributed by atoms with Crippen LogP contribution < -0.4 is 4.74 Å². The first-order valence-electron chi connectivity index (χ1n) is 9.68. The van der Waals surface area contributed by atoms with E-state index >= 15 is 0 Å². The standard InChI is InChI=1S/C21H29N3O2/c1-26-21-9-3-2-8-20(21)24-12-5-7-19(24)16-23-15-17-6-4-11-22(17)14-18(23)10-13-25/h2-3,5,7-9,12,17-18,25H,4,6,10-11,13-16H2,1H3/t17?,18-/m0/s1. The van der Waals surface area contributed by atoms with Gasteiger partial charge < -0.3 is 14.4 Å². The van der Waals surface area contributed by atoms with E-state index in [2.05, 4.69) is 38.8 Å². The van der Waals surface area contributed by atoms with E-state index in [-0.39, 0.29) is 6.61 Å². The number of nitrogens with zero attached hydrogens (tertiary/aromatic N) is 3. The van der Waals surface area contributed by atoms with Crippen LogP contribution in [0.2, 0.25) is 0 Å². The van der Waals surface area contributed by atoms with Crippen molar-refractivity contribution in [1.29, 1.82) is 0 Å². The summed E-state index contributed by atoms with van der Waals surface area (Å²) in [6.07, 6.45) is 5.57. The molecule has 0 aliphatic carbocycles. The molecule has 4 rings (SSSR count). The molecular formula is C21H29N3O2. The van der Waals surface area contributed by atoms with Crippen molar-refractivity contribution < 1.29 is 9.84 Å². The number of piperazine rings is 1. The number of ether oxygens (including phenoxy) is 1. The lowest BCUT2D eigenvalue weighted by atomic mass is 10.0. The van der Waals surface area contributed by atoms with Crippen molar-refractivity contribution in [3.05, 3.63) is 48.3 Å². The molecular weight excluding hydrogens is 326 g/mol. The van der Waals surface area contributed by atoms with Crippen LogP contribution in [0.4, 0.5) is 0 Å². The predicted octanol–water partition coefficient (Wildman–Crippen LogP) is 2.52. The van der Waals surface area contributed by atoms with E-state index in [0.29, 0.717) is 12.1 Å². The molecule has 3 heterocycles. The molecule has 2 atom stereocenters. The molecule has 1 aromatic heterocycles. The van der Waals surface area contributed by atoms with Gasteiger partial charge in [0.25, 0.3) is 0 Å². The number of para-hydroxylation sites is 2. The number of benzene rings is 1. The Morgan fingerprint density at radius 3 is 2.88 bits per heavy atom. The number of fused-ring (bicyclic) bond motifs is 1. The van der Waals surface area contributed by atoms with Gasteiger partial charge in [0.05, 0.1) is 12.8 Å². The maximum Gasteiger partial charge on any atom is 0.142 e. The number of methoxy groups -OCH3 is 1. The molecule has 1 aromatic carbocycles. The lowest BCUT2D eigenvalue weighted by molar-refractivity contribution is 0.0323. The van der Waals surface area contributed by atoms with Gasteiger partial charge in [-0.15, -0.1) is 0 Å². The summed E-state index contributed by atoms with van der Waals surface area (Å²) in [6.45, 7) is 4.56. The van der Waals surface area contributed by atoms with Crippen molar-refractivity contribution in [1.82, 2.24) is 14.4 Å². The molecule has 5 heteroatoms. The number of aliphatic hydroxyl groups is 1. The van der Waals surface area contributed by atoms with Gasteiger partial charge in [-0.2, -0.15) is 0 Å². The summed E-state index contributed by atoms with van der Waals surface area (Å²) in [6, 6.07) is 13.6. The Labute approximate surface area is 155 Å².